The van der Waals surface area contributed by atoms with Gasteiger partial charge in [-0.2, -0.15) is 6.41 Å². The zero-order valence-corrected chi connectivity index (χ0v) is 9.58. The van der Waals surface area contributed by atoms with Gasteiger partial charge in [0, 0.05) is 0 Å². The molecule has 0 rings (SSSR count). The first-order valence-corrected chi connectivity index (χ1v) is 3.50. The van der Waals surface area contributed by atoms with E-state index in [9.17, 15) is 9.59 Å². The summed E-state index contributed by atoms with van der Waals surface area (Å²) >= 11 is 0. The van der Waals surface area contributed by atoms with E-state index in [1.807, 2.05) is 5.32 Å². The molecule has 0 aliphatic carbocycles. The third-order valence-corrected chi connectivity index (χ3v) is 0.812. The van der Waals surface area contributed by atoms with E-state index in [0.717, 1.165) is 0 Å². The van der Waals surface area contributed by atoms with Crippen LogP contribution >= 0.6 is 0 Å². The third kappa shape index (κ3) is 44.2. The van der Waals surface area contributed by atoms with Crippen LogP contribution in [0.15, 0.2) is 0 Å². The van der Waals surface area contributed by atoms with Gasteiger partial charge in [-0.25, -0.2) is 0 Å². The van der Waals surface area contributed by atoms with Crippen molar-refractivity contribution in [3.8, 4) is 0 Å². The number of hydrogen-bond acceptors (Lipinski definition) is 2. The van der Waals surface area contributed by atoms with Gasteiger partial charge in [0.25, 0.3) is 0 Å². The Morgan fingerprint density at radius 3 is 1.92 bits per heavy atom. The molecular formula is C7H14FmNO3-. The van der Waals surface area contributed by atoms with Gasteiger partial charge in [-0.15, -0.1) is 0 Å². The van der Waals surface area contributed by atoms with E-state index in [0.29, 0.717) is 0 Å². The molecule has 0 aliphatic rings. The van der Waals surface area contributed by atoms with Crippen LogP contribution in [0.4, 0.5) is 0 Å². The molecule has 0 aromatic rings. The predicted molar refractivity (Wildman–Crippen MR) is 41.9 cm³/mol. The van der Waals surface area contributed by atoms with Crippen molar-refractivity contribution in [1.82, 2.24) is 5.32 Å². The fourth-order valence-electron chi connectivity index (χ4n) is 0.112. The average Bonchev–Trinajstić information content (AvgIpc) is 2.01. The van der Waals surface area contributed by atoms with Crippen LogP contribution in [0.2, 0.25) is 0 Å². The summed E-state index contributed by atoms with van der Waals surface area (Å²) in [6.07, 6.45) is 3.86. The number of carbonyl (C=O) groups is 1. The summed E-state index contributed by atoms with van der Waals surface area (Å²) in [5.74, 6) is -1.07. The summed E-state index contributed by atoms with van der Waals surface area (Å²) in [5.41, 5.74) is 0. The molecule has 0 unspecified atom stereocenters. The van der Waals surface area contributed by atoms with E-state index < -0.39 is 5.97 Å². The van der Waals surface area contributed by atoms with Crippen LogP contribution in [-0.2, 0) is 9.59 Å². The molecule has 0 spiro atoms. The molecule has 1 amide bonds. The molecule has 0 radical (unpaired) electrons. The standard InChI is InChI=1S/C4H10.C3H4NO3.Fm/c1-3-4-2;5-2-4-1-3(6)7;/h3-4H2,1-2H3;1H2,(H,4,5)(H,6,7);/q;-1;. The van der Waals surface area contributed by atoms with E-state index in [1.54, 1.807) is 0 Å². The summed E-state index contributed by atoms with van der Waals surface area (Å²) in [6.45, 7) is 4.00. The molecule has 12 heavy (non-hydrogen) atoms. The normalized spacial score (nSPS) is 6.83. The smallest absolute Gasteiger partial charge is 0.320 e. The van der Waals surface area contributed by atoms with Crippen molar-refractivity contribution in [2.45, 2.75) is 26.7 Å². The van der Waals surface area contributed by atoms with Gasteiger partial charge in [-0.05, 0) is 0 Å². The monoisotopic (exact) mass is 417 g/mol. The number of nitrogens with one attached hydrogen (secondary N) is 1. The first-order chi connectivity index (χ1) is 5.18. The molecule has 0 saturated heterocycles. The molecule has 0 bridgehead atoms. The molecule has 0 aliphatic heterocycles. The van der Waals surface area contributed by atoms with Crippen LogP contribution < -0.4 is 5.32 Å². The van der Waals surface area contributed by atoms with Crippen LogP contribution in [0.25, 0.3) is 0 Å². The number of carboxylic acids is 1. The maximum absolute atomic E-state index is 9.52. The SMILES string of the molecule is CCCC.O=[C-]NCC(=O)O.[Fm]. The van der Waals surface area contributed by atoms with Gasteiger partial charge in [0.15, 0.2) is 0 Å². The zero-order chi connectivity index (χ0) is 9.11. The van der Waals surface area contributed by atoms with Gasteiger partial charge in [-0.1, -0.05) is 26.7 Å². The van der Waals surface area contributed by atoms with E-state index in [1.165, 1.54) is 19.3 Å². The van der Waals surface area contributed by atoms with E-state index in [4.69, 9.17) is 5.11 Å². The van der Waals surface area contributed by atoms with E-state index in [-0.39, 0.29) is 6.54 Å². The first-order valence-electron chi connectivity index (χ1n) is 3.50. The maximum atomic E-state index is 9.52. The number of unbranched alkanes of at least 4 members (excludes halogenated alkanes) is 1. The topological polar surface area (TPSA) is 66.4 Å². The molecule has 2 N–H and O–H groups in total. The molecule has 0 saturated carbocycles. The number of rotatable bonds is 4. The Kier molecular flexibility index (Phi) is 22.0. The van der Waals surface area contributed by atoms with Gasteiger partial charge in [0.1, 0.15) is 0 Å². The number of hydrogen-bond donors (Lipinski definition) is 2. The second kappa shape index (κ2) is 16.0. The Morgan fingerprint density at radius 2 is 1.83 bits per heavy atom. The largest absolute Gasteiger partial charge is 0.521 e. The van der Waals surface area contributed by atoms with Gasteiger partial charge in [0.2, 0.25) is 0 Å². The summed E-state index contributed by atoms with van der Waals surface area (Å²) in [4.78, 5) is 18.7. The van der Waals surface area contributed by atoms with Crippen molar-refractivity contribution in [3.63, 3.8) is 0 Å². The van der Waals surface area contributed by atoms with Crippen LogP contribution in [0.1, 0.15) is 26.7 Å². The van der Waals surface area contributed by atoms with Gasteiger partial charge in [-0.3, -0.25) is 4.79 Å². The predicted octanol–water partition coefficient (Wildman–Crippen LogP) is 0.534. The molecule has 0 aromatic carbocycles. The zero-order valence-electron chi connectivity index (χ0n) is 7.17. The molecule has 5 heteroatoms. The number of aliphatic carboxylic acids is 1. The summed E-state index contributed by atoms with van der Waals surface area (Å²) in [6, 6.07) is 0. The molecular weight excluding hydrogens is 403 g/mol. The van der Waals surface area contributed by atoms with Crippen LogP contribution in [0.3, 0.4) is 0 Å². The first kappa shape index (κ1) is 16.5. The second-order valence-corrected chi connectivity index (χ2v) is 1.85. The van der Waals surface area contributed by atoms with Crippen molar-refractivity contribution >= 4 is 12.4 Å². The number of amides is 1. The van der Waals surface area contributed by atoms with Gasteiger partial charge < -0.3 is 15.2 Å². The van der Waals surface area contributed by atoms with Gasteiger partial charge >= 0.3 is 5.97 Å². The average molecular weight is 417 g/mol. The third-order valence-electron chi connectivity index (χ3n) is 0.812. The number of carboxylic acid groups (broad SMARTS) is 1. The molecule has 0 aromatic heterocycles. The summed E-state index contributed by atoms with van der Waals surface area (Å²) in [7, 11) is 0. The second-order valence-electron chi connectivity index (χ2n) is 1.85. The molecule has 4 nitrogen and oxygen atoms in total. The minimum Gasteiger partial charge on any atom is -0.521 e. The summed E-state index contributed by atoms with van der Waals surface area (Å²) < 4.78 is 0. The van der Waals surface area contributed by atoms with Gasteiger partial charge in [0.05, 0.1) is 6.54 Å². The quantitative estimate of drug-likeness (QED) is 0.519. The Labute approximate surface area is 66.6 Å². The number of carbonyl (C=O) groups excluding carboxylic acids is 1. The maximum Gasteiger partial charge on any atom is 0.320 e. The molecule has 78 valence electrons. The minimum atomic E-state index is -1.07. The van der Waals surface area contributed by atoms with Crippen molar-refractivity contribution in [2.75, 3.05) is 6.54 Å². The fraction of sp³-hybridized carbons (Fsp3) is 0.714. The minimum absolute atomic E-state index is 0. The Bertz CT molecular complexity index is 107. The van der Waals surface area contributed by atoms with Crippen LogP contribution in [0, 0.1) is 0 Å². The van der Waals surface area contributed by atoms with Crippen molar-refractivity contribution in [3.05, 3.63) is 0 Å². The van der Waals surface area contributed by atoms with Crippen molar-refractivity contribution in [1.29, 1.82) is 0 Å². The Balaban J connectivity index is -0.000000142. The molecule has 0 fully saturated rings. The van der Waals surface area contributed by atoms with Crippen LogP contribution in [0.5, 0.6) is 0 Å². The molecule has 0 atom stereocenters. The van der Waals surface area contributed by atoms with E-state index >= 15 is 0 Å². The Hall–Kier alpha value is -2.06. The Morgan fingerprint density at radius 1 is 1.42 bits per heavy atom. The summed E-state index contributed by atoms with van der Waals surface area (Å²) in [5, 5.41) is 9.65. The molecule has 0 heterocycles. The van der Waals surface area contributed by atoms with Crippen molar-refractivity contribution < 1.29 is 14.7 Å². The fourth-order valence-corrected chi connectivity index (χ4v) is 0.112. The van der Waals surface area contributed by atoms with Crippen molar-refractivity contribution in [2.24, 2.45) is 0 Å². The van der Waals surface area contributed by atoms with E-state index in [2.05, 4.69) is 13.8 Å². The van der Waals surface area contributed by atoms with Crippen LogP contribution in [-0.4, -0.2) is 24.0 Å².